The minimum atomic E-state index is -3.93. The number of sulfonamides is 1. The molecule has 140 valence electrons. The summed E-state index contributed by atoms with van der Waals surface area (Å²) in [5, 5.41) is 11.9. The normalized spacial score (nSPS) is 15.0. The van der Waals surface area contributed by atoms with Crippen LogP contribution in [0.15, 0.2) is 34.5 Å². The number of thiophene rings is 1. The molecule has 2 heterocycles. The van der Waals surface area contributed by atoms with Crippen molar-refractivity contribution in [3.05, 3.63) is 45.6 Å². The summed E-state index contributed by atoms with van der Waals surface area (Å²) in [5.74, 6) is -0.705. The van der Waals surface area contributed by atoms with Gasteiger partial charge in [0.05, 0.1) is 13.2 Å². The van der Waals surface area contributed by atoms with Crippen molar-refractivity contribution in [2.24, 2.45) is 0 Å². The Labute approximate surface area is 156 Å². The number of esters is 1. The molecule has 0 radical (unpaired) electrons. The first-order valence-corrected chi connectivity index (χ1v) is 10.4. The maximum Gasteiger partial charge on any atom is 0.349 e. The van der Waals surface area contributed by atoms with E-state index in [1.54, 1.807) is 6.07 Å². The molecule has 0 saturated carbocycles. The van der Waals surface area contributed by atoms with Crippen LogP contribution in [0, 0.1) is 0 Å². The predicted molar refractivity (Wildman–Crippen MR) is 99.2 cm³/mol. The third-order valence-corrected chi connectivity index (χ3v) is 6.86. The van der Waals surface area contributed by atoms with Crippen LogP contribution in [-0.4, -0.2) is 46.7 Å². The van der Waals surface area contributed by atoms with Crippen molar-refractivity contribution in [2.45, 2.75) is 17.4 Å². The Morgan fingerprint density at radius 3 is 2.92 bits per heavy atom. The van der Waals surface area contributed by atoms with E-state index in [-0.39, 0.29) is 16.3 Å². The molecular weight excluding hydrogens is 376 g/mol. The highest BCUT2D eigenvalue weighted by atomic mass is 32.2. The van der Waals surface area contributed by atoms with Gasteiger partial charge in [0.1, 0.15) is 9.77 Å². The van der Waals surface area contributed by atoms with Crippen LogP contribution in [0.25, 0.3) is 0 Å². The van der Waals surface area contributed by atoms with Gasteiger partial charge >= 0.3 is 5.97 Å². The zero-order valence-electron chi connectivity index (χ0n) is 14.4. The van der Waals surface area contributed by atoms with E-state index in [1.165, 1.54) is 18.6 Å². The van der Waals surface area contributed by atoms with Gasteiger partial charge in [-0.2, -0.15) is 0 Å². The summed E-state index contributed by atoms with van der Waals surface area (Å²) in [6, 6.07) is 6.98. The van der Waals surface area contributed by atoms with E-state index in [0.717, 1.165) is 35.6 Å². The van der Waals surface area contributed by atoms with Crippen LogP contribution in [-0.2, 0) is 21.2 Å². The first-order valence-electron chi connectivity index (χ1n) is 8.01. The number of benzene rings is 1. The average Bonchev–Trinajstić information content (AvgIpc) is 3.26. The number of aliphatic hydroxyl groups is 1. The van der Waals surface area contributed by atoms with Gasteiger partial charge in [0, 0.05) is 25.8 Å². The van der Waals surface area contributed by atoms with E-state index >= 15 is 0 Å². The number of ether oxygens (including phenoxy) is 1. The van der Waals surface area contributed by atoms with Gasteiger partial charge in [-0.1, -0.05) is 12.1 Å². The minimum Gasteiger partial charge on any atom is -0.465 e. The van der Waals surface area contributed by atoms with Crippen LogP contribution >= 0.6 is 11.3 Å². The number of aliphatic hydroxyl groups excluding tert-OH is 1. The number of rotatable bonds is 6. The van der Waals surface area contributed by atoms with Gasteiger partial charge in [0.25, 0.3) is 0 Å². The van der Waals surface area contributed by atoms with E-state index in [4.69, 9.17) is 0 Å². The second-order valence-electron chi connectivity index (χ2n) is 6.03. The molecule has 2 N–H and O–H groups in total. The minimum absolute atomic E-state index is 0.00931. The lowest BCUT2D eigenvalue weighted by atomic mass is 10.0. The number of nitrogens with one attached hydrogen (secondary N) is 1. The van der Waals surface area contributed by atoms with Crippen LogP contribution in [0.3, 0.4) is 0 Å². The summed E-state index contributed by atoms with van der Waals surface area (Å²) in [4.78, 5) is 13.7. The van der Waals surface area contributed by atoms with E-state index in [9.17, 15) is 18.3 Å². The fraction of sp³-hybridized carbons (Fsp3) is 0.353. The third-order valence-electron chi connectivity index (χ3n) is 4.37. The summed E-state index contributed by atoms with van der Waals surface area (Å²) in [7, 11) is -0.730. The van der Waals surface area contributed by atoms with Gasteiger partial charge in [0.15, 0.2) is 0 Å². The highest BCUT2D eigenvalue weighted by Crippen LogP contribution is 2.29. The summed E-state index contributed by atoms with van der Waals surface area (Å²) >= 11 is 0.993. The van der Waals surface area contributed by atoms with Gasteiger partial charge in [-0.25, -0.2) is 17.9 Å². The molecule has 1 aromatic carbocycles. The van der Waals surface area contributed by atoms with Crippen LogP contribution < -0.4 is 9.62 Å². The number of methoxy groups -OCH3 is 1. The maximum atomic E-state index is 12.5. The van der Waals surface area contributed by atoms with Crippen molar-refractivity contribution in [3.63, 3.8) is 0 Å². The Bertz CT molecular complexity index is 923. The fourth-order valence-electron chi connectivity index (χ4n) is 2.93. The number of carbonyl (C=O) groups excluding carboxylic acids is 1. The van der Waals surface area contributed by atoms with Gasteiger partial charge in [-0.05, 0) is 35.1 Å². The van der Waals surface area contributed by atoms with Crippen LogP contribution in [0.2, 0.25) is 0 Å². The molecule has 1 atom stereocenters. The SMILES string of the molecule is COC(=O)c1sccc1S(=O)(=O)NCC(O)c1ccc2c(c1)CCN2C. The monoisotopic (exact) mass is 396 g/mol. The van der Waals surface area contributed by atoms with Gasteiger partial charge < -0.3 is 14.7 Å². The molecule has 0 bridgehead atoms. The molecule has 0 aliphatic carbocycles. The van der Waals surface area contributed by atoms with E-state index in [1.807, 2.05) is 19.2 Å². The summed E-state index contributed by atoms with van der Waals surface area (Å²) in [6.45, 7) is 0.739. The summed E-state index contributed by atoms with van der Waals surface area (Å²) in [6.07, 6.45) is -0.0867. The molecule has 7 nitrogen and oxygen atoms in total. The van der Waals surface area contributed by atoms with E-state index in [0.29, 0.717) is 5.56 Å². The van der Waals surface area contributed by atoms with Crippen molar-refractivity contribution < 1.29 is 23.1 Å². The predicted octanol–water partition coefficient (Wildman–Crippen LogP) is 1.54. The van der Waals surface area contributed by atoms with Crippen molar-refractivity contribution >= 4 is 33.0 Å². The molecule has 9 heteroatoms. The smallest absolute Gasteiger partial charge is 0.349 e. The highest BCUT2D eigenvalue weighted by molar-refractivity contribution is 7.89. The van der Waals surface area contributed by atoms with E-state index in [2.05, 4.69) is 14.4 Å². The molecule has 1 unspecified atom stereocenters. The molecule has 1 aliphatic rings. The Hall–Kier alpha value is -1.94. The Balaban J connectivity index is 1.72. The molecule has 26 heavy (non-hydrogen) atoms. The lowest BCUT2D eigenvalue weighted by Gasteiger charge is -2.15. The largest absolute Gasteiger partial charge is 0.465 e. The third kappa shape index (κ3) is 3.61. The Morgan fingerprint density at radius 2 is 2.19 bits per heavy atom. The quantitative estimate of drug-likeness (QED) is 0.719. The maximum absolute atomic E-state index is 12.5. The number of likely N-dealkylation sites (N-methyl/N-ethyl adjacent to an activating group) is 1. The lowest BCUT2D eigenvalue weighted by Crippen LogP contribution is -2.29. The zero-order chi connectivity index (χ0) is 18.9. The zero-order valence-corrected chi connectivity index (χ0v) is 16.1. The second kappa shape index (κ2) is 7.36. The molecule has 2 aromatic rings. The molecule has 0 saturated heterocycles. The first-order chi connectivity index (χ1) is 12.3. The van der Waals surface area contributed by atoms with Gasteiger partial charge in [-0.15, -0.1) is 11.3 Å². The van der Waals surface area contributed by atoms with Crippen LogP contribution in [0.4, 0.5) is 5.69 Å². The number of nitrogens with zero attached hydrogens (tertiary/aromatic N) is 1. The molecule has 1 aromatic heterocycles. The molecule has 0 fully saturated rings. The topological polar surface area (TPSA) is 95.9 Å². The first kappa shape index (κ1) is 18.8. The number of hydrogen-bond acceptors (Lipinski definition) is 7. The molecule has 0 spiro atoms. The second-order valence-corrected chi connectivity index (χ2v) is 8.68. The number of fused-ring (bicyclic) bond motifs is 1. The van der Waals surface area contributed by atoms with Gasteiger partial charge in [0.2, 0.25) is 10.0 Å². The molecule has 3 rings (SSSR count). The lowest BCUT2D eigenvalue weighted by molar-refractivity contribution is 0.0602. The highest BCUT2D eigenvalue weighted by Gasteiger charge is 2.25. The molecular formula is C17H20N2O5S2. The summed E-state index contributed by atoms with van der Waals surface area (Å²) in [5.41, 5.74) is 2.92. The van der Waals surface area contributed by atoms with E-state index < -0.39 is 22.1 Å². The Kier molecular flexibility index (Phi) is 5.33. The van der Waals surface area contributed by atoms with Crippen molar-refractivity contribution in [2.75, 3.05) is 32.1 Å². The molecule has 0 amide bonds. The number of anilines is 1. The number of carbonyl (C=O) groups is 1. The average molecular weight is 396 g/mol. The van der Waals surface area contributed by atoms with Crippen LogP contribution in [0.1, 0.15) is 26.9 Å². The molecule has 1 aliphatic heterocycles. The van der Waals surface area contributed by atoms with Gasteiger partial charge in [-0.3, -0.25) is 0 Å². The Morgan fingerprint density at radius 1 is 1.42 bits per heavy atom. The van der Waals surface area contributed by atoms with Crippen molar-refractivity contribution in [3.8, 4) is 0 Å². The fourth-order valence-corrected chi connectivity index (χ4v) is 5.30. The summed E-state index contributed by atoms with van der Waals surface area (Å²) < 4.78 is 31.9. The van der Waals surface area contributed by atoms with Crippen molar-refractivity contribution in [1.29, 1.82) is 0 Å². The van der Waals surface area contributed by atoms with Crippen LogP contribution in [0.5, 0.6) is 0 Å². The number of hydrogen-bond donors (Lipinski definition) is 2. The van der Waals surface area contributed by atoms with Crippen molar-refractivity contribution in [1.82, 2.24) is 4.72 Å². The standard InChI is InChI=1S/C17H20N2O5S2/c1-19-7-5-11-9-12(3-4-13(11)19)14(20)10-18-26(22,23)15-6-8-25-16(15)17(21)24-2/h3-4,6,8-9,14,18,20H,5,7,10H2,1-2H3.